The van der Waals surface area contributed by atoms with Crippen molar-refractivity contribution in [3.63, 3.8) is 0 Å². The van der Waals surface area contributed by atoms with E-state index in [0.29, 0.717) is 5.69 Å². The third-order valence-corrected chi connectivity index (χ3v) is 2.57. The second-order valence-electron chi connectivity index (χ2n) is 4.06. The molecule has 4 heteroatoms. The highest BCUT2D eigenvalue weighted by Gasteiger charge is 2.01. The van der Waals surface area contributed by atoms with Gasteiger partial charge in [-0.15, -0.1) is 0 Å². The summed E-state index contributed by atoms with van der Waals surface area (Å²) in [4.78, 5) is 2.20. The van der Waals surface area contributed by atoms with Gasteiger partial charge in [-0.05, 0) is 25.6 Å². The average Bonchev–Trinajstić information content (AvgIpc) is 2.32. The van der Waals surface area contributed by atoms with Crippen LogP contribution in [0.25, 0.3) is 0 Å². The van der Waals surface area contributed by atoms with Crippen LogP contribution >= 0.6 is 0 Å². The lowest BCUT2D eigenvalue weighted by atomic mass is 10.3. The Morgan fingerprint density at radius 2 is 2.06 bits per heavy atom. The monoisotopic (exact) mass is 240 g/mol. The van der Waals surface area contributed by atoms with E-state index in [9.17, 15) is 4.39 Å². The number of likely N-dealkylation sites (N-methyl/N-ethyl adjacent to an activating group) is 1. The van der Waals surface area contributed by atoms with Crippen molar-refractivity contribution < 1.29 is 9.13 Å². The van der Waals surface area contributed by atoms with Crippen LogP contribution < -0.4 is 5.32 Å². The molecule has 0 aliphatic heterocycles. The molecule has 0 atom stereocenters. The smallest absolute Gasteiger partial charge is 0.146 e. The number of anilines is 1. The third kappa shape index (κ3) is 5.65. The number of methoxy groups -OCH3 is 1. The number of nitrogens with zero attached hydrogens (tertiary/aromatic N) is 1. The van der Waals surface area contributed by atoms with Gasteiger partial charge in [0.2, 0.25) is 0 Å². The summed E-state index contributed by atoms with van der Waals surface area (Å²) >= 11 is 0. The van der Waals surface area contributed by atoms with E-state index in [4.69, 9.17) is 4.74 Å². The zero-order chi connectivity index (χ0) is 12.5. The molecule has 0 aliphatic rings. The van der Waals surface area contributed by atoms with E-state index in [2.05, 4.69) is 17.3 Å². The van der Waals surface area contributed by atoms with Crippen molar-refractivity contribution in [3.8, 4) is 0 Å². The quantitative estimate of drug-likeness (QED) is 0.705. The summed E-state index contributed by atoms with van der Waals surface area (Å²) in [5.74, 6) is -0.200. The van der Waals surface area contributed by atoms with Crippen molar-refractivity contribution in [1.29, 1.82) is 0 Å². The Morgan fingerprint density at radius 3 is 2.76 bits per heavy atom. The predicted octanol–water partition coefficient (Wildman–Crippen LogP) is 2.21. The average molecular weight is 240 g/mol. The molecular weight excluding hydrogens is 219 g/mol. The number of benzene rings is 1. The number of nitrogens with one attached hydrogen (secondary N) is 1. The predicted molar refractivity (Wildman–Crippen MR) is 68.9 cm³/mol. The standard InChI is InChI=1S/C13H21FN2O/c1-16(9-5-11-17-2)10-8-15-13-7-4-3-6-12(13)14/h3-4,6-7,15H,5,8-11H2,1-2H3. The molecule has 0 unspecified atom stereocenters. The molecule has 1 aromatic rings. The zero-order valence-electron chi connectivity index (χ0n) is 10.6. The molecule has 0 saturated heterocycles. The lowest BCUT2D eigenvalue weighted by molar-refractivity contribution is 0.180. The van der Waals surface area contributed by atoms with Crippen molar-refractivity contribution >= 4 is 5.69 Å². The van der Waals surface area contributed by atoms with E-state index < -0.39 is 0 Å². The molecule has 0 aromatic heterocycles. The van der Waals surface area contributed by atoms with Gasteiger partial charge < -0.3 is 15.0 Å². The number of ether oxygens (including phenoxy) is 1. The molecule has 96 valence electrons. The Balaban J connectivity index is 2.17. The number of hydrogen-bond donors (Lipinski definition) is 1. The molecule has 3 nitrogen and oxygen atoms in total. The minimum Gasteiger partial charge on any atom is -0.385 e. The van der Waals surface area contributed by atoms with Gasteiger partial charge in [0, 0.05) is 33.4 Å². The van der Waals surface area contributed by atoms with E-state index in [1.807, 2.05) is 6.07 Å². The lowest BCUT2D eigenvalue weighted by Gasteiger charge is -2.17. The maximum atomic E-state index is 13.3. The highest BCUT2D eigenvalue weighted by molar-refractivity contribution is 5.44. The molecule has 1 aromatic carbocycles. The van der Waals surface area contributed by atoms with Gasteiger partial charge in [0.1, 0.15) is 5.82 Å². The number of rotatable bonds is 8. The van der Waals surface area contributed by atoms with Gasteiger partial charge in [-0.2, -0.15) is 0 Å². The fourth-order valence-electron chi connectivity index (χ4n) is 1.58. The highest BCUT2D eigenvalue weighted by atomic mass is 19.1. The molecule has 0 heterocycles. The Bertz CT molecular complexity index is 320. The van der Waals surface area contributed by atoms with Gasteiger partial charge in [-0.3, -0.25) is 0 Å². The fourth-order valence-corrected chi connectivity index (χ4v) is 1.58. The van der Waals surface area contributed by atoms with Crippen LogP contribution in [0.5, 0.6) is 0 Å². The Hall–Kier alpha value is -1.13. The first kappa shape index (κ1) is 13.9. The summed E-state index contributed by atoms with van der Waals surface area (Å²) in [6, 6.07) is 6.73. The molecule has 1 rings (SSSR count). The van der Waals surface area contributed by atoms with Crippen LogP contribution in [0.2, 0.25) is 0 Å². The number of halogens is 1. The summed E-state index contributed by atoms with van der Waals surface area (Å²) in [5, 5.41) is 3.09. The lowest BCUT2D eigenvalue weighted by Crippen LogP contribution is -2.26. The molecular formula is C13H21FN2O. The molecule has 0 fully saturated rings. The van der Waals surface area contributed by atoms with E-state index in [-0.39, 0.29) is 5.82 Å². The highest BCUT2D eigenvalue weighted by Crippen LogP contribution is 2.11. The van der Waals surface area contributed by atoms with Crippen LogP contribution in [0.1, 0.15) is 6.42 Å². The van der Waals surface area contributed by atoms with Crippen molar-refractivity contribution in [3.05, 3.63) is 30.1 Å². The molecule has 17 heavy (non-hydrogen) atoms. The molecule has 0 amide bonds. The van der Waals surface area contributed by atoms with Crippen LogP contribution in [-0.4, -0.2) is 45.3 Å². The molecule has 0 aliphatic carbocycles. The molecule has 0 radical (unpaired) electrons. The van der Waals surface area contributed by atoms with Crippen molar-refractivity contribution in [2.75, 3.05) is 45.7 Å². The Morgan fingerprint density at radius 1 is 1.29 bits per heavy atom. The summed E-state index contributed by atoms with van der Waals surface area (Å²) in [6.07, 6.45) is 1.02. The SMILES string of the molecule is COCCCN(C)CCNc1ccccc1F. The van der Waals surface area contributed by atoms with E-state index in [1.54, 1.807) is 19.2 Å². The Kier molecular flexibility index (Phi) is 6.58. The van der Waals surface area contributed by atoms with Gasteiger partial charge in [-0.25, -0.2) is 4.39 Å². The van der Waals surface area contributed by atoms with Crippen LogP contribution in [0.3, 0.4) is 0 Å². The first-order valence-electron chi connectivity index (χ1n) is 5.90. The third-order valence-electron chi connectivity index (χ3n) is 2.57. The maximum absolute atomic E-state index is 13.3. The van der Waals surface area contributed by atoms with Gasteiger partial charge in [0.15, 0.2) is 0 Å². The summed E-state index contributed by atoms with van der Waals surface area (Å²) in [7, 11) is 3.76. The first-order chi connectivity index (χ1) is 8.24. The van der Waals surface area contributed by atoms with Gasteiger partial charge >= 0.3 is 0 Å². The fraction of sp³-hybridized carbons (Fsp3) is 0.538. The van der Waals surface area contributed by atoms with Gasteiger partial charge in [0.25, 0.3) is 0 Å². The van der Waals surface area contributed by atoms with Crippen LogP contribution in [-0.2, 0) is 4.74 Å². The summed E-state index contributed by atoms with van der Waals surface area (Å²) in [6.45, 7) is 3.40. The Labute approximate surface area is 103 Å². The minimum absolute atomic E-state index is 0.200. The number of para-hydroxylation sites is 1. The van der Waals surface area contributed by atoms with Crippen LogP contribution in [0, 0.1) is 5.82 Å². The van der Waals surface area contributed by atoms with Gasteiger partial charge in [0.05, 0.1) is 5.69 Å². The van der Waals surface area contributed by atoms with Crippen molar-refractivity contribution in [2.24, 2.45) is 0 Å². The molecule has 1 N–H and O–H groups in total. The molecule has 0 bridgehead atoms. The van der Waals surface area contributed by atoms with Crippen LogP contribution in [0.4, 0.5) is 10.1 Å². The van der Waals surface area contributed by atoms with E-state index in [1.165, 1.54) is 6.07 Å². The first-order valence-corrected chi connectivity index (χ1v) is 5.90. The van der Waals surface area contributed by atoms with E-state index >= 15 is 0 Å². The topological polar surface area (TPSA) is 24.5 Å². The zero-order valence-corrected chi connectivity index (χ0v) is 10.6. The largest absolute Gasteiger partial charge is 0.385 e. The number of hydrogen-bond acceptors (Lipinski definition) is 3. The molecule has 0 spiro atoms. The maximum Gasteiger partial charge on any atom is 0.146 e. The van der Waals surface area contributed by atoms with E-state index in [0.717, 1.165) is 32.7 Å². The second-order valence-corrected chi connectivity index (χ2v) is 4.06. The van der Waals surface area contributed by atoms with Crippen molar-refractivity contribution in [2.45, 2.75) is 6.42 Å². The molecule has 0 saturated carbocycles. The summed E-state index contributed by atoms with van der Waals surface area (Å²) in [5.41, 5.74) is 0.567. The van der Waals surface area contributed by atoms with Crippen molar-refractivity contribution in [1.82, 2.24) is 4.90 Å². The minimum atomic E-state index is -0.200. The normalized spacial score (nSPS) is 10.8. The summed E-state index contributed by atoms with van der Waals surface area (Å²) < 4.78 is 18.3. The van der Waals surface area contributed by atoms with Crippen LogP contribution in [0.15, 0.2) is 24.3 Å². The second kappa shape index (κ2) is 8.03. The van der Waals surface area contributed by atoms with Gasteiger partial charge in [-0.1, -0.05) is 12.1 Å².